The number of rotatable bonds is 5. The summed E-state index contributed by atoms with van der Waals surface area (Å²) >= 11 is 3.02. The van der Waals surface area contributed by atoms with Gasteiger partial charge in [-0.3, -0.25) is 4.79 Å². The van der Waals surface area contributed by atoms with Crippen LogP contribution < -0.4 is 4.74 Å². The normalized spacial score (nSPS) is 10.2. The van der Waals surface area contributed by atoms with Gasteiger partial charge in [-0.2, -0.15) is 0 Å². The fourth-order valence-electron chi connectivity index (χ4n) is 1.62. The molecule has 2 aromatic carbocycles. The summed E-state index contributed by atoms with van der Waals surface area (Å²) in [7, 11) is 0. The van der Waals surface area contributed by atoms with Crippen LogP contribution in [0.15, 0.2) is 48.5 Å². The summed E-state index contributed by atoms with van der Waals surface area (Å²) in [5.74, 6) is -0.436. The lowest BCUT2D eigenvalue weighted by Crippen LogP contribution is -2.04. The molecule has 0 saturated heterocycles. The zero-order chi connectivity index (χ0) is 13.7. The van der Waals surface area contributed by atoms with Crippen LogP contribution in [0.2, 0.25) is 0 Å². The third-order valence-electron chi connectivity index (χ3n) is 2.61. The summed E-state index contributed by atoms with van der Waals surface area (Å²) in [6.45, 7) is 0.367. The predicted molar refractivity (Wildman–Crippen MR) is 75.3 cm³/mol. The van der Waals surface area contributed by atoms with Gasteiger partial charge < -0.3 is 4.74 Å². The fraction of sp³-hybridized carbons (Fsp3) is 0.133. The Kier molecular flexibility index (Phi) is 4.68. The van der Waals surface area contributed by atoms with Crippen LogP contribution in [-0.2, 0) is 6.61 Å². The number of carbonyl (C=O) groups excluding carboxylic acids is 1. The fourth-order valence-corrected chi connectivity index (χ4v) is 1.93. The van der Waals surface area contributed by atoms with Crippen LogP contribution in [0.3, 0.4) is 0 Å². The predicted octanol–water partition coefficient (Wildman–Crippen LogP) is 3.98. The van der Waals surface area contributed by atoms with Crippen molar-refractivity contribution in [2.75, 3.05) is 5.33 Å². The molecule has 0 fully saturated rings. The first-order chi connectivity index (χ1) is 9.20. The van der Waals surface area contributed by atoms with Gasteiger partial charge in [0.15, 0.2) is 5.78 Å². The van der Waals surface area contributed by atoms with Gasteiger partial charge in [0.2, 0.25) is 0 Å². The Balaban J connectivity index is 2.06. The Morgan fingerprint density at radius 3 is 2.53 bits per heavy atom. The third-order valence-corrected chi connectivity index (χ3v) is 3.12. The van der Waals surface area contributed by atoms with Gasteiger partial charge in [-0.1, -0.05) is 46.3 Å². The second-order valence-corrected chi connectivity index (χ2v) is 4.53. The van der Waals surface area contributed by atoms with Crippen molar-refractivity contribution in [3.63, 3.8) is 0 Å². The molecule has 98 valence electrons. The maximum atomic E-state index is 13.7. The number of benzene rings is 2. The highest BCUT2D eigenvalue weighted by molar-refractivity contribution is 9.09. The summed E-state index contributed by atoms with van der Waals surface area (Å²) in [6.07, 6.45) is 0. The molecule has 0 N–H and O–H groups in total. The topological polar surface area (TPSA) is 26.3 Å². The molecular weight excluding hydrogens is 311 g/mol. The maximum Gasteiger partial charge on any atom is 0.176 e. The van der Waals surface area contributed by atoms with Crippen LogP contribution in [0.5, 0.6) is 5.75 Å². The van der Waals surface area contributed by atoms with E-state index < -0.39 is 5.82 Å². The minimum Gasteiger partial charge on any atom is -0.489 e. The Morgan fingerprint density at radius 1 is 1.16 bits per heavy atom. The number of ether oxygens (including phenoxy) is 1. The van der Waals surface area contributed by atoms with E-state index in [0.29, 0.717) is 12.4 Å². The van der Waals surface area contributed by atoms with Crippen LogP contribution >= 0.6 is 15.9 Å². The summed E-state index contributed by atoms with van der Waals surface area (Å²) in [4.78, 5) is 11.4. The van der Waals surface area contributed by atoms with Crippen molar-refractivity contribution in [2.24, 2.45) is 0 Å². The van der Waals surface area contributed by atoms with E-state index >= 15 is 0 Å². The molecule has 0 heterocycles. The minimum absolute atomic E-state index is 0.0731. The lowest BCUT2D eigenvalue weighted by atomic mass is 10.1. The van der Waals surface area contributed by atoms with E-state index in [-0.39, 0.29) is 16.7 Å². The molecule has 0 aromatic heterocycles. The molecule has 0 radical (unpaired) electrons. The van der Waals surface area contributed by atoms with Crippen LogP contribution in [0.4, 0.5) is 4.39 Å². The first-order valence-corrected chi connectivity index (χ1v) is 6.88. The van der Waals surface area contributed by atoms with E-state index in [4.69, 9.17) is 4.74 Å². The number of halogens is 2. The molecule has 2 aromatic rings. The number of Topliss-reactive ketones (excluding diaryl/α,β-unsaturated/α-hetero) is 1. The highest BCUT2D eigenvalue weighted by Gasteiger charge is 2.11. The smallest absolute Gasteiger partial charge is 0.176 e. The van der Waals surface area contributed by atoms with Crippen molar-refractivity contribution in [2.45, 2.75) is 6.61 Å². The molecule has 0 aliphatic heterocycles. The molecule has 0 unspecified atom stereocenters. The van der Waals surface area contributed by atoms with E-state index in [1.807, 2.05) is 30.3 Å². The molecule has 0 aliphatic carbocycles. The highest BCUT2D eigenvalue weighted by atomic mass is 79.9. The first kappa shape index (κ1) is 13.7. The molecule has 0 saturated carbocycles. The second kappa shape index (κ2) is 6.48. The number of ketones is 1. The van der Waals surface area contributed by atoms with Crippen LogP contribution in [0, 0.1) is 5.82 Å². The number of hydrogen-bond acceptors (Lipinski definition) is 2. The van der Waals surface area contributed by atoms with Gasteiger partial charge in [0.05, 0.1) is 10.9 Å². The van der Waals surface area contributed by atoms with Gasteiger partial charge in [-0.05, 0) is 17.7 Å². The Labute approximate surface area is 119 Å². The Hall–Kier alpha value is -1.68. The monoisotopic (exact) mass is 322 g/mol. The molecule has 0 amide bonds. The van der Waals surface area contributed by atoms with E-state index in [9.17, 15) is 9.18 Å². The number of alkyl halides is 1. The number of carbonyl (C=O) groups is 1. The summed E-state index contributed by atoms with van der Waals surface area (Å²) in [6, 6.07) is 13.9. The molecule has 0 aliphatic rings. The lowest BCUT2D eigenvalue weighted by Gasteiger charge is -2.07. The first-order valence-electron chi connectivity index (χ1n) is 5.76. The summed E-state index contributed by atoms with van der Waals surface area (Å²) < 4.78 is 19.2. The third kappa shape index (κ3) is 3.64. The standard InChI is InChI=1S/C15H12BrFO2/c16-9-15(18)13-7-6-12(8-14(13)17)19-10-11-4-2-1-3-5-11/h1-8H,9-10H2. The van der Waals surface area contributed by atoms with Crippen molar-refractivity contribution in [1.29, 1.82) is 0 Å². The maximum absolute atomic E-state index is 13.7. The minimum atomic E-state index is -0.560. The van der Waals surface area contributed by atoms with Crippen molar-refractivity contribution < 1.29 is 13.9 Å². The van der Waals surface area contributed by atoms with Gasteiger partial charge >= 0.3 is 0 Å². The molecule has 19 heavy (non-hydrogen) atoms. The van der Waals surface area contributed by atoms with Crippen molar-refractivity contribution in [3.05, 3.63) is 65.5 Å². The summed E-state index contributed by atoms with van der Waals surface area (Å²) in [5.41, 5.74) is 1.08. The Bertz CT molecular complexity index is 570. The highest BCUT2D eigenvalue weighted by Crippen LogP contribution is 2.18. The number of hydrogen-bond donors (Lipinski definition) is 0. The van der Waals surface area contributed by atoms with Crippen LogP contribution in [0.1, 0.15) is 15.9 Å². The van der Waals surface area contributed by atoms with Crippen molar-refractivity contribution in [3.8, 4) is 5.75 Å². The van der Waals surface area contributed by atoms with Gasteiger partial charge in [0.1, 0.15) is 18.2 Å². The zero-order valence-electron chi connectivity index (χ0n) is 10.1. The molecule has 2 nitrogen and oxygen atoms in total. The largest absolute Gasteiger partial charge is 0.489 e. The lowest BCUT2D eigenvalue weighted by molar-refractivity contribution is 0.102. The Morgan fingerprint density at radius 2 is 1.89 bits per heavy atom. The van der Waals surface area contributed by atoms with Gasteiger partial charge in [0, 0.05) is 6.07 Å². The van der Waals surface area contributed by atoms with Crippen LogP contribution in [0.25, 0.3) is 0 Å². The summed E-state index contributed by atoms with van der Waals surface area (Å²) in [5, 5.41) is 0.105. The van der Waals surface area contributed by atoms with E-state index in [1.54, 1.807) is 6.07 Å². The molecule has 4 heteroatoms. The van der Waals surface area contributed by atoms with Crippen LogP contribution in [-0.4, -0.2) is 11.1 Å². The van der Waals surface area contributed by atoms with Crippen molar-refractivity contribution in [1.82, 2.24) is 0 Å². The molecule has 0 atom stereocenters. The van der Waals surface area contributed by atoms with Gasteiger partial charge in [0.25, 0.3) is 0 Å². The molecule has 0 spiro atoms. The van der Waals surface area contributed by atoms with E-state index in [0.717, 1.165) is 5.56 Å². The molecule has 2 rings (SSSR count). The van der Waals surface area contributed by atoms with E-state index in [2.05, 4.69) is 15.9 Å². The average molecular weight is 323 g/mol. The van der Waals surface area contributed by atoms with Crippen molar-refractivity contribution >= 4 is 21.7 Å². The van der Waals surface area contributed by atoms with Gasteiger partial charge in [-0.15, -0.1) is 0 Å². The van der Waals surface area contributed by atoms with Gasteiger partial charge in [-0.25, -0.2) is 4.39 Å². The quantitative estimate of drug-likeness (QED) is 0.614. The van der Waals surface area contributed by atoms with E-state index in [1.165, 1.54) is 12.1 Å². The zero-order valence-corrected chi connectivity index (χ0v) is 11.7. The molecular formula is C15H12BrFO2. The SMILES string of the molecule is O=C(CBr)c1ccc(OCc2ccccc2)cc1F. The second-order valence-electron chi connectivity index (χ2n) is 3.97. The average Bonchev–Trinajstić information content (AvgIpc) is 2.45. The molecule has 0 bridgehead atoms.